The van der Waals surface area contributed by atoms with Gasteiger partial charge in [-0.1, -0.05) is 6.58 Å². The fraction of sp³-hybridized carbons (Fsp3) is 0.214. The quantitative estimate of drug-likeness (QED) is 0.534. The number of carbonyl (C=O) groups is 1. The van der Waals surface area contributed by atoms with E-state index in [1.165, 1.54) is 24.6 Å². The molecule has 0 spiro atoms. The Morgan fingerprint density at radius 3 is 3.14 bits per heavy atom. The number of amides is 1. The van der Waals surface area contributed by atoms with E-state index in [1.807, 2.05) is 17.5 Å². The first-order valence-corrected chi connectivity index (χ1v) is 7.39. The maximum atomic E-state index is 10.9. The minimum Gasteiger partial charge on any atom is -0.458 e. The molecule has 1 amide bonds. The summed E-state index contributed by atoms with van der Waals surface area (Å²) in [5, 5.41) is 8.20. The van der Waals surface area contributed by atoms with E-state index in [1.54, 1.807) is 0 Å². The molecule has 0 atom stereocenters. The van der Waals surface area contributed by atoms with Crippen molar-refractivity contribution in [3.05, 3.63) is 35.5 Å². The Balaban J connectivity index is 1.94. The van der Waals surface area contributed by atoms with Crippen LogP contribution in [-0.4, -0.2) is 23.8 Å². The molecule has 2 heterocycles. The third-order valence-electron chi connectivity index (χ3n) is 2.50. The van der Waals surface area contributed by atoms with Crippen molar-refractivity contribution in [1.29, 1.82) is 0 Å². The molecule has 116 valence electrons. The smallest absolute Gasteiger partial charge is 0.217 e. The molecular weight excluding hydrogens is 302 g/mol. The second-order valence-corrected chi connectivity index (χ2v) is 5.34. The van der Waals surface area contributed by atoms with Crippen LogP contribution in [0.2, 0.25) is 0 Å². The average Bonchev–Trinajstić information content (AvgIpc) is 3.10. The lowest BCUT2D eigenvalue weighted by molar-refractivity contribution is -0.119. The normalized spacial score (nSPS) is 10.8. The molecule has 0 aliphatic rings. The van der Waals surface area contributed by atoms with Gasteiger partial charge in [0, 0.05) is 18.0 Å². The van der Waals surface area contributed by atoms with Crippen molar-refractivity contribution in [1.82, 2.24) is 10.3 Å². The Hall–Kier alpha value is -2.61. The molecule has 0 fully saturated rings. The highest BCUT2D eigenvalue weighted by Gasteiger charge is 2.09. The van der Waals surface area contributed by atoms with E-state index < -0.39 is 0 Å². The van der Waals surface area contributed by atoms with E-state index in [-0.39, 0.29) is 5.91 Å². The molecule has 0 saturated carbocycles. The van der Waals surface area contributed by atoms with Crippen LogP contribution in [0, 0.1) is 0 Å². The van der Waals surface area contributed by atoms with Crippen molar-refractivity contribution in [3.63, 3.8) is 0 Å². The monoisotopic (exact) mass is 319 g/mol. The van der Waals surface area contributed by atoms with E-state index in [2.05, 4.69) is 27.2 Å². The minimum atomic E-state index is -0.0995. The Morgan fingerprint density at radius 2 is 2.41 bits per heavy atom. The van der Waals surface area contributed by atoms with Crippen LogP contribution in [0.1, 0.15) is 12.7 Å². The van der Waals surface area contributed by atoms with Crippen molar-refractivity contribution in [3.8, 4) is 11.5 Å². The molecule has 22 heavy (non-hydrogen) atoms. The summed E-state index contributed by atoms with van der Waals surface area (Å²) >= 11 is 1.43. The van der Waals surface area contributed by atoms with E-state index in [0.29, 0.717) is 35.4 Å². The predicted molar refractivity (Wildman–Crippen MR) is 87.6 cm³/mol. The van der Waals surface area contributed by atoms with E-state index in [4.69, 9.17) is 10.2 Å². The average molecular weight is 319 g/mol. The first kappa shape index (κ1) is 15.8. The molecule has 0 aromatic carbocycles. The maximum Gasteiger partial charge on any atom is 0.217 e. The van der Waals surface area contributed by atoms with Gasteiger partial charge in [-0.3, -0.25) is 9.79 Å². The molecule has 0 bridgehead atoms. The summed E-state index contributed by atoms with van der Waals surface area (Å²) in [6.07, 6.45) is 1.53. The van der Waals surface area contributed by atoms with Gasteiger partial charge in [0.1, 0.15) is 11.5 Å². The zero-order chi connectivity index (χ0) is 15.9. The highest BCUT2D eigenvalue weighted by molar-refractivity contribution is 7.14. The highest BCUT2D eigenvalue weighted by Crippen LogP contribution is 2.26. The number of thiazole rings is 1. The third-order valence-corrected chi connectivity index (χ3v) is 3.28. The number of rotatable bonds is 7. The zero-order valence-corrected chi connectivity index (χ0v) is 12.9. The number of hydrogen-bond donors (Lipinski definition) is 3. The van der Waals surface area contributed by atoms with Crippen molar-refractivity contribution in [2.24, 2.45) is 10.7 Å². The number of aromatic nitrogens is 1. The van der Waals surface area contributed by atoms with Gasteiger partial charge in [0.25, 0.3) is 0 Å². The van der Waals surface area contributed by atoms with E-state index >= 15 is 0 Å². The summed E-state index contributed by atoms with van der Waals surface area (Å²) in [6, 6.07) is 3.63. The van der Waals surface area contributed by atoms with Crippen LogP contribution in [0.4, 0.5) is 5.13 Å². The van der Waals surface area contributed by atoms with Gasteiger partial charge in [-0.15, -0.1) is 11.3 Å². The summed E-state index contributed by atoms with van der Waals surface area (Å²) in [7, 11) is 0. The summed E-state index contributed by atoms with van der Waals surface area (Å²) in [6.45, 7) is 5.75. The SMILES string of the molecule is C=C(N)CN=CNc1nc(-c2ccc(CNC(C)=O)o2)cs1. The number of nitrogens with one attached hydrogen (secondary N) is 2. The predicted octanol–water partition coefficient (Wildman–Crippen LogP) is 1.95. The molecule has 4 N–H and O–H groups in total. The van der Waals surface area contributed by atoms with Crippen molar-refractivity contribution < 1.29 is 9.21 Å². The first-order chi connectivity index (χ1) is 10.5. The maximum absolute atomic E-state index is 10.9. The van der Waals surface area contributed by atoms with Gasteiger partial charge in [0.2, 0.25) is 5.91 Å². The Bertz CT molecular complexity index is 689. The van der Waals surface area contributed by atoms with Gasteiger partial charge >= 0.3 is 0 Å². The Morgan fingerprint density at radius 1 is 1.59 bits per heavy atom. The van der Waals surface area contributed by atoms with Gasteiger partial charge in [0.15, 0.2) is 10.9 Å². The van der Waals surface area contributed by atoms with Crippen LogP contribution in [0.25, 0.3) is 11.5 Å². The van der Waals surface area contributed by atoms with Crippen molar-refractivity contribution >= 4 is 28.7 Å². The lowest BCUT2D eigenvalue weighted by atomic mass is 10.3. The van der Waals surface area contributed by atoms with Gasteiger partial charge in [-0.05, 0) is 12.1 Å². The number of furan rings is 1. The van der Waals surface area contributed by atoms with Crippen LogP contribution >= 0.6 is 11.3 Å². The highest BCUT2D eigenvalue weighted by atomic mass is 32.1. The second kappa shape index (κ2) is 7.41. The molecule has 8 heteroatoms. The fourth-order valence-corrected chi connectivity index (χ4v) is 2.20. The van der Waals surface area contributed by atoms with Gasteiger partial charge < -0.3 is 20.8 Å². The number of anilines is 1. The summed E-state index contributed by atoms with van der Waals surface area (Å²) < 4.78 is 5.63. The number of aliphatic imine (C=N–C) groups is 1. The van der Waals surface area contributed by atoms with Gasteiger partial charge in [0.05, 0.1) is 19.4 Å². The molecule has 0 unspecified atom stereocenters. The Labute approximate surface area is 132 Å². The molecule has 0 aliphatic carbocycles. The number of carbonyl (C=O) groups excluding carboxylic acids is 1. The third kappa shape index (κ3) is 4.74. The van der Waals surface area contributed by atoms with Crippen LogP contribution in [0.3, 0.4) is 0 Å². The number of hydrogen-bond acceptors (Lipinski definition) is 6. The molecule has 0 radical (unpaired) electrons. The summed E-state index contributed by atoms with van der Waals surface area (Å²) in [5.74, 6) is 1.23. The summed E-state index contributed by atoms with van der Waals surface area (Å²) in [5.41, 5.74) is 6.63. The van der Waals surface area contributed by atoms with Crippen molar-refractivity contribution in [2.45, 2.75) is 13.5 Å². The number of nitrogens with zero attached hydrogens (tertiary/aromatic N) is 2. The molecule has 0 aliphatic heterocycles. The Kier molecular flexibility index (Phi) is 5.31. The van der Waals surface area contributed by atoms with E-state index in [0.717, 1.165) is 5.69 Å². The molecule has 0 saturated heterocycles. The van der Waals surface area contributed by atoms with Crippen LogP contribution in [0.15, 0.2) is 39.2 Å². The van der Waals surface area contributed by atoms with Gasteiger partial charge in [-0.2, -0.15) is 0 Å². The second-order valence-electron chi connectivity index (χ2n) is 4.49. The molecular formula is C14H17N5O2S. The van der Waals surface area contributed by atoms with Crippen LogP contribution < -0.4 is 16.4 Å². The summed E-state index contributed by atoms with van der Waals surface area (Å²) in [4.78, 5) is 19.3. The molecule has 2 rings (SSSR count). The topological polar surface area (TPSA) is 106 Å². The number of nitrogens with two attached hydrogens (primary N) is 1. The lowest BCUT2D eigenvalue weighted by Crippen LogP contribution is -2.18. The zero-order valence-electron chi connectivity index (χ0n) is 12.1. The standard InChI is InChI=1S/C14H17N5O2S/c1-9(15)5-16-8-18-14-19-12(7-22-14)13-4-3-11(21-13)6-17-10(2)20/h3-4,7-8H,1,5-6,15H2,2H3,(H,17,20)(H,16,18,19). The van der Waals surface area contributed by atoms with E-state index in [9.17, 15) is 4.79 Å². The van der Waals surface area contributed by atoms with Crippen LogP contribution in [-0.2, 0) is 11.3 Å². The first-order valence-electron chi connectivity index (χ1n) is 6.51. The largest absolute Gasteiger partial charge is 0.458 e. The minimum absolute atomic E-state index is 0.0995. The molecule has 2 aromatic rings. The van der Waals surface area contributed by atoms with Crippen molar-refractivity contribution in [2.75, 3.05) is 11.9 Å². The fourth-order valence-electron chi connectivity index (χ4n) is 1.54. The molecule has 2 aromatic heterocycles. The lowest BCUT2D eigenvalue weighted by Gasteiger charge is -1.97. The van der Waals surface area contributed by atoms with Gasteiger partial charge in [-0.25, -0.2) is 4.98 Å². The van der Waals surface area contributed by atoms with Crippen LogP contribution in [0.5, 0.6) is 0 Å². The molecule has 7 nitrogen and oxygen atoms in total.